The van der Waals surface area contributed by atoms with E-state index < -0.39 is 0 Å². The number of hydrogen-bond acceptors (Lipinski definition) is 2. The van der Waals surface area contributed by atoms with Crippen LogP contribution in [0.1, 0.15) is 0 Å². The molecule has 0 radical (unpaired) electrons. The predicted octanol–water partition coefficient (Wildman–Crippen LogP) is 1.34. The minimum absolute atomic E-state index is 0.913. The van der Waals surface area contributed by atoms with Gasteiger partial charge in [0.15, 0.2) is 0 Å². The van der Waals surface area contributed by atoms with Gasteiger partial charge in [-0.05, 0) is 6.20 Å². The third kappa shape index (κ3) is 4.52. The zero-order valence-electron chi connectivity index (χ0n) is 7.03. The van der Waals surface area contributed by atoms with Gasteiger partial charge in [-0.15, -0.1) is 0 Å². The van der Waals surface area contributed by atoms with E-state index in [1.54, 1.807) is 0 Å². The molecule has 1 aliphatic rings. The lowest BCUT2D eigenvalue weighted by molar-refractivity contribution is 0.669. The molecule has 2 nitrogen and oxygen atoms in total. The third-order valence-electron chi connectivity index (χ3n) is 1.39. The fourth-order valence-corrected chi connectivity index (χ4v) is 0.814. The van der Waals surface area contributed by atoms with E-state index in [-0.39, 0.29) is 0 Å². The Morgan fingerprint density at radius 1 is 0.833 bits per heavy atom. The normalized spacial score (nSPS) is 14.0. The van der Waals surface area contributed by atoms with Crippen LogP contribution in [0.25, 0.3) is 0 Å². The molecule has 2 heteroatoms. The molecule has 0 amide bonds. The topological polar surface area (TPSA) is 24.1 Å². The van der Waals surface area contributed by atoms with Gasteiger partial charge < -0.3 is 5.32 Å². The zero-order chi connectivity index (χ0) is 8.49. The summed E-state index contributed by atoms with van der Waals surface area (Å²) in [7, 11) is 0. The van der Waals surface area contributed by atoms with E-state index in [9.17, 15) is 0 Å². The molecule has 0 aromatic heterocycles. The average Bonchev–Trinajstić information content (AvgIpc) is 2.24. The van der Waals surface area contributed by atoms with Crippen molar-refractivity contribution in [3.63, 3.8) is 0 Å². The molecule has 0 unspecified atom stereocenters. The van der Waals surface area contributed by atoms with Crippen LogP contribution < -0.4 is 10.6 Å². The second-order valence-electron chi connectivity index (χ2n) is 2.39. The van der Waals surface area contributed by atoms with Gasteiger partial charge in [0.05, 0.1) is 6.67 Å². The molecule has 0 saturated carbocycles. The molecule has 0 saturated heterocycles. The Labute approximate surface area is 73.3 Å². The van der Waals surface area contributed by atoms with Crippen LogP contribution in [0.2, 0.25) is 0 Å². The van der Waals surface area contributed by atoms with Crippen molar-refractivity contribution in [3.05, 3.63) is 48.7 Å². The first-order valence-corrected chi connectivity index (χ1v) is 4.09. The molecule has 0 fully saturated rings. The number of benzene rings is 1. The highest BCUT2D eigenvalue weighted by Crippen LogP contribution is 1.79. The zero-order valence-corrected chi connectivity index (χ0v) is 7.03. The maximum absolute atomic E-state index is 3.09. The van der Waals surface area contributed by atoms with Gasteiger partial charge in [-0.3, -0.25) is 5.32 Å². The fraction of sp³-hybridized carbons (Fsp3) is 0.200. The van der Waals surface area contributed by atoms with Crippen LogP contribution in [0, 0.1) is 0 Å². The van der Waals surface area contributed by atoms with Crippen LogP contribution in [-0.4, -0.2) is 13.2 Å². The molecule has 2 rings (SSSR count). The van der Waals surface area contributed by atoms with Crippen LogP contribution in [-0.2, 0) is 0 Å². The summed E-state index contributed by atoms with van der Waals surface area (Å²) in [5, 5.41) is 6.08. The summed E-state index contributed by atoms with van der Waals surface area (Å²) < 4.78 is 0. The van der Waals surface area contributed by atoms with Crippen LogP contribution in [0.15, 0.2) is 48.7 Å². The molecule has 64 valence electrons. The molecule has 0 atom stereocenters. The van der Waals surface area contributed by atoms with Crippen molar-refractivity contribution in [3.8, 4) is 0 Å². The van der Waals surface area contributed by atoms with Crippen molar-refractivity contribution in [1.29, 1.82) is 0 Å². The van der Waals surface area contributed by atoms with Crippen LogP contribution >= 0.6 is 0 Å². The van der Waals surface area contributed by atoms with Gasteiger partial charge in [0.25, 0.3) is 0 Å². The monoisotopic (exact) mass is 162 g/mol. The molecule has 1 aliphatic heterocycles. The minimum atomic E-state index is 0.913. The number of hydrogen-bond donors (Lipinski definition) is 2. The lowest BCUT2D eigenvalue weighted by Crippen LogP contribution is -2.29. The highest BCUT2D eigenvalue weighted by molar-refractivity contribution is 4.99. The van der Waals surface area contributed by atoms with E-state index in [0.717, 1.165) is 13.2 Å². The molecular formula is C10H14N2. The molecule has 0 spiro atoms. The Morgan fingerprint density at radius 2 is 1.42 bits per heavy atom. The molecule has 2 N–H and O–H groups in total. The molecule has 1 aromatic carbocycles. The van der Waals surface area contributed by atoms with Crippen LogP contribution in [0.4, 0.5) is 0 Å². The Balaban J connectivity index is 0.000000120. The largest absolute Gasteiger partial charge is 0.379 e. The van der Waals surface area contributed by atoms with Gasteiger partial charge in [-0.2, -0.15) is 0 Å². The van der Waals surface area contributed by atoms with Gasteiger partial charge in [0.1, 0.15) is 0 Å². The van der Waals surface area contributed by atoms with Crippen molar-refractivity contribution in [1.82, 2.24) is 10.6 Å². The van der Waals surface area contributed by atoms with E-state index in [1.165, 1.54) is 0 Å². The lowest BCUT2D eigenvalue weighted by atomic mass is 10.4. The van der Waals surface area contributed by atoms with E-state index in [1.807, 2.05) is 48.7 Å². The summed E-state index contributed by atoms with van der Waals surface area (Å²) in [6.07, 6.45) is 4.00. The Morgan fingerprint density at radius 3 is 1.58 bits per heavy atom. The highest BCUT2D eigenvalue weighted by atomic mass is 15.1. The van der Waals surface area contributed by atoms with Crippen molar-refractivity contribution in [2.24, 2.45) is 0 Å². The lowest BCUT2D eigenvalue weighted by Gasteiger charge is -2.05. The van der Waals surface area contributed by atoms with Crippen molar-refractivity contribution in [2.75, 3.05) is 13.2 Å². The minimum Gasteiger partial charge on any atom is -0.379 e. The van der Waals surface area contributed by atoms with Gasteiger partial charge >= 0.3 is 0 Å². The van der Waals surface area contributed by atoms with Gasteiger partial charge in [0.2, 0.25) is 0 Å². The SMILES string of the molecule is C1=CNCNC1.c1ccccc1. The average molecular weight is 162 g/mol. The smallest absolute Gasteiger partial charge is 0.0650 e. The molecular weight excluding hydrogens is 148 g/mol. The standard InChI is InChI=1S/C6H6.C4H8N2/c1-2-4-6-5-3-1;1-2-5-4-6-3-1/h1-6H;1-2,5-6H,3-4H2. The fourth-order valence-electron chi connectivity index (χ4n) is 0.814. The van der Waals surface area contributed by atoms with Gasteiger partial charge in [-0.25, -0.2) is 0 Å². The van der Waals surface area contributed by atoms with Crippen molar-refractivity contribution >= 4 is 0 Å². The van der Waals surface area contributed by atoms with Gasteiger partial charge in [0, 0.05) is 6.54 Å². The summed E-state index contributed by atoms with van der Waals surface area (Å²) in [5.74, 6) is 0. The van der Waals surface area contributed by atoms with Gasteiger partial charge in [-0.1, -0.05) is 42.5 Å². The van der Waals surface area contributed by atoms with E-state index >= 15 is 0 Å². The summed E-state index contributed by atoms with van der Waals surface area (Å²) in [5.41, 5.74) is 0. The second-order valence-corrected chi connectivity index (χ2v) is 2.39. The first-order chi connectivity index (χ1) is 6.00. The first-order valence-electron chi connectivity index (χ1n) is 4.09. The molecule has 0 bridgehead atoms. The molecule has 1 aromatic rings. The van der Waals surface area contributed by atoms with Crippen molar-refractivity contribution < 1.29 is 0 Å². The molecule has 12 heavy (non-hydrogen) atoms. The Hall–Kier alpha value is -1.28. The Bertz CT molecular complexity index is 172. The summed E-state index contributed by atoms with van der Waals surface area (Å²) in [6.45, 7) is 1.92. The van der Waals surface area contributed by atoms with E-state index in [0.29, 0.717) is 0 Å². The Kier molecular flexibility index (Phi) is 4.72. The highest BCUT2D eigenvalue weighted by Gasteiger charge is 1.81. The summed E-state index contributed by atoms with van der Waals surface area (Å²) in [6, 6.07) is 12.0. The van der Waals surface area contributed by atoms with Crippen LogP contribution in [0.5, 0.6) is 0 Å². The maximum atomic E-state index is 3.09. The quantitative estimate of drug-likeness (QED) is 0.601. The van der Waals surface area contributed by atoms with E-state index in [4.69, 9.17) is 0 Å². The maximum Gasteiger partial charge on any atom is 0.0650 e. The molecule has 0 aliphatic carbocycles. The molecule has 1 heterocycles. The second kappa shape index (κ2) is 6.43. The first kappa shape index (κ1) is 8.81. The van der Waals surface area contributed by atoms with Crippen molar-refractivity contribution in [2.45, 2.75) is 0 Å². The summed E-state index contributed by atoms with van der Waals surface area (Å²) >= 11 is 0. The van der Waals surface area contributed by atoms with E-state index in [2.05, 4.69) is 10.6 Å². The number of rotatable bonds is 0. The predicted molar refractivity (Wildman–Crippen MR) is 51.6 cm³/mol. The third-order valence-corrected chi connectivity index (χ3v) is 1.39. The number of nitrogens with one attached hydrogen (secondary N) is 2. The van der Waals surface area contributed by atoms with Crippen LogP contribution in [0.3, 0.4) is 0 Å². The summed E-state index contributed by atoms with van der Waals surface area (Å²) in [4.78, 5) is 0.